The van der Waals surface area contributed by atoms with Crippen molar-refractivity contribution in [1.29, 1.82) is 0 Å². The molecule has 1 saturated heterocycles. The predicted molar refractivity (Wildman–Crippen MR) is 77.1 cm³/mol. The number of cyclic esters (lactones) is 1. The van der Waals surface area contributed by atoms with Crippen molar-refractivity contribution in [1.82, 2.24) is 0 Å². The molecule has 4 nitrogen and oxygen atoms in total. The highest BCUT2D eigenvalue weighted by atomic mass is 16.6. The summed E-state index contributed by atoms with van der Waals surface area (Å²) in [5.41, 5.74) is 0. The molecule has 0 aromatic heterocycles. The van der Waals surface area contributed by atoms with Crippen molar-refractivity contribution in [3.63, 3.8) is 0 Å². The monoisotopic (exact) mass is 282 g/mol. The van der Waals surface area contributed by atoms with Crippen LogP contribution in [0.1, 0.15) is 58.8 Å². The van der Waals surface area contributed by atoms with Gasteiger partial charge < -0.3 is 9.47 Å². The maximum Gasteiger partial charge on any atom is 0.330 e. The van der Waals surface area contributed by atoms with Crippen LogP contribution in [0.15, 0.2) is 12.2 Å². The van der Waals surface area contributed by atoms with E-state index in [4.69, 9.17) is 9.47 Å². The van der Waals surface area contributed by atoms with Gasteiger partial charge in [-0.1, -0.05) is 32.3 Å². The van der Waals surface area contributed by atoms with Gasteiger partial charge in [0.2, 0.25) is 0 Å². The highest BCUT2D eigenvalue weighted by Crippen LogP contribution is 2.29. The number of esters is 2. The summed E-state index contributed by atoms with van der Waals surface area (Å²) in [5, 5.41) is 0. The Morgan fingerprint density at radius 1 is 1.35 bits per heavy atom. The molecule has 1 aliphatic heterocycles. The minimum atomic E-state index is -0.322. The van der Waals surface area contributed by atoms with Crippen LogP contribution < -0.4 is 0 Å². The van der Waals surface area contributed by atoms with E-state index < -0.39 is 0 Å². The van der Waals surface area contributed by atoms with Crippen LogP contribution in [0.4, 0.5) is 0 Å². The second-order valence-electron chi connectivity index (χ2n) is 5.23. The number of hydrogen-bond donors (Lipinski definition) is 0. The van der Waals surface area contributed by atoms with Crippen molar-refractivity contribution in [2.24, 2.45) is 5.92 Å². The van der Waals surface area contributed by atoms with Crippen molar-refractivity contribution in [3.05, 3.63) is 12.2 Å². The van der Waals surface area contributed by atoms with E-state index in [0.717, 1.165) is 12.8 Å². The number of carbonyl (C=O) groups excluding carboxylic acids is 2. The lowest BCUT2D eigenvalue weighted by Gasteiger charge is -2.15. The number of unbranched alkanes of at least 4 members (excludes halogenated alkanes) is 3. The maximum absolute atomic E-state index is 11.4. The molecule has 1 heterocycles. The molecule has 0 bridgehead atoms. The van der Waals surface area contributed by atoms with Crippen molar-refractivity contribution in [2.75, 3.05) is 6.61 Å². The summed E-state index contributed by atoms with van der Waals surface area (Å²) in [5.74, 6) is -0.230. The van der Waals surface area contributed by atoms with Gasteiger partial charge in [0.15, 0.2) is 0 Å². The van der Waals surface area contributed by atoms with Gasteiger partial charge in [0.1, 0.15) is 6.10 Å². The van der Waals surface area contributed by atoms with E-state index in [9.17, 15) is 9.59 Å². The summed E-state index contributed by atoms with van der Waals surface area (Å²) in [6.07, 6.45) is 10.1. The molecule has 0 unspecified atom stereocenters. The highest BCUT2D eigenvalue weighted by molar-refractivity contribution is 5.81. The van der Waals surface area contributed by atoms with Gasteiger partial charge in [-0.3, -0.25) is 4.79 Å². The van der Waals surface area contributed by atoms with Crippen molar-refractivity contribution < 1.29 is 19.1 Å². The van der Waals surface area contributed by atoms with E-state index >= 15 is 0 Å². The van der Waals surface area contributed by atoms with Crippen LogP contribution >= 0.6 is 0 Å². The van der Waals surface area contributed by atoms with Gasteiger partial charge in [-0.05, 0) is 26.2 Å². The summed E-state index contributed by atoms with van der Waals surface area (Å²) in [4.78, 5) is 22.6. The van der Waals surface area contributed by atoms with Gasteiger partial charge in [-0.15, -0.1) is 0 Å². The fraction of sp³-hybridized carbons (Fsp3) is 0.750. The molecule has 0 radical (unpaired) electrons. The van der Waals surface area contributed by atoms with Gasteiger partial charge in [0, 0.05) is 12.0 Å². The van der Waals surface area contributed by atoms with E-state index in [-0.39, 0.29) is 24.0 Å². The number of carbonyl (C=O) groups is 2. The van der Waals surface area contributed by atoms with Gasteiger partial charge in [0.05, 0.1) is 13.0 Å². The second-order valence-corrected chi connectivity index (χ2v) is 5.23. The van der Waals surface area contributed by atoms with Crippen molar-refractivity contribution >= 4 is 11.9 Å². The Labute approximate surface area is 121 Å². The molecule has 0 aromatic rings. The van der Waals surface area contributed by atoms with Crippen molar-refractivity contribution in [3.8, 4) is 0 Å². The summed E-state index contributed by atoms with van der Waals surface area (Å²) >= 11 is 0. The summed E-state index contributed by atoms with van der Waals surface area (Å²) in [7, 11) is 0. The zero-order chi connectivity index (χ0) is 14.8. The Morgan fingerprint density at radius 2 is 2.15 bits per heavy atom. The summed E-state index contributed by atoms with van der Waals surface area (Å²) in [6.45, 7) is 4.34. The Hall–Kier alpha value is -1.32. The molecule has 0 amide bonds. The smallest absolute Gasteiger partial charge is 0.330 e. The molecule has 1 fully saturated rings. The second kappa shape index (κ2) is 9.56. The molecule has 0 spiro atoms. The first-order valence-corrected chi connectivity index (χ1v) is 7.70. The van der Waals surface area contributed by atoms with Crippen LogP contribution in [0.2, 0.25) is 0 Å². The zero-order valence-electron chi connectivity index (χ0n) is 12.6. The molecule has 114 valence electrons. The molecule has 4 heteroatoms. The topological polar surface area (TPSA) is 52.6 Å². The van der Waals surface area contributed by atoms with E-state index in [0.29, 0.717) is 19.4 Å². The first-order valence-electron chi connectivity index (χ1n) is 7.70. The minimum absolute atomic E-state index is 0.0196. The first-order chi connectivity index (χ1) is 9.67. The van der Waals surface area contributed by atoms with Gasteiger partial charge >= 0.3 is 11.9 Å². The lowest BCUT2D eigenvalue weighted by atomic mass is 9.93. The van der Waals surface area contributed by atoms with Crippen molar-refractivity contribution in [2.45, 2.75) is 64.9 Å². The third-order valence-corrected chi connectivity index (χ3v) is 3.56. The van der Waals surface area contributed by atoms with Crippen LogP contribution in [0.25, 0.3) is 0 Å². The highest BCUT2D eigenvalue weighted by Gasteiger charge is 2.33. The zero-order valence-corrected chi connectivity index (χ0v) is 12.6. The molecule has 0 N–H and O–H groups in total. The third kappa shape index (κ3) is 6.22. The van der Waals surface area contributed by atoms with Crippen LogP contribution in [-0.4, -0.2) is 24.6 Å². The van der Waals surface area contributed by atoms with Crippen LogP contribution in [0, 0.1) is 5.92 Å². The lowest BCUT2D eigenvalue weighted by molar-refractivity contribution is -0.142. The maximum atomic E-state index is 11.4. The Morgan fingerprint density at radius 3 is 2.85 bits per heavy atom. The first kappa shape index (κ1) is 16.7. The third-order valence-electron chi connectivity index (χ3n) is 3.56. The van der Waals surface area contributed by atoms with Gasteiger partial charge in [-0.25, -0.2) is 4.79 Å². The predicted octanol–water partition coefficient (Wildman–Crippen LogP) is 3.40. The number of ether oxygens (including phenoxy) is 2. The quantitative estimate of drug-likeness (QED) is 0.369. The molecule has 0 aromatic carbocycles. The molecule has 1 rings (SSSR count). The number of hydrogen-bond acceptors (Lipinski definition) is 4. The largest absolute Gasteiger partial charge is 0.463 e. The number of allylic oxidation sites excluding steroid dienone is 1. The fourth-order valence-corrected chi connectivity index (χ4v) is 2.49. The summed E-state index contributed by atoms with van der Waals surface area (Å²) in [6, 6.07) is 0. The SMILES string of the molecule is CCCCCC[C@H]1OC(=O)C[C@@H]1C/C=C/C(=O)OCC. The van der Waals surface area contributed by atoms with E-state index in [1.54, 1.807) is 13.0 Å². The Bertz CT molecular complexity index is 335. The molecule has 20 heavy (non-hydrogen) atoms. The fourth-order valence-electron chi connectivity index (χ4n) is 2.49. The lowest BCUT2D eigenvalue weighted by Crippen LogP contribution is -2.15. The average molecular weight is 282 g/mol. The van der Waals surface area contributed by atoms with Crippen LogP contribution in [0.5, 0.6) is 0 Å². The van der Waals surface area contributed by atoms with E-state index in [1.165, 1.54) is 25.3 Å². The summed E-state index contributed by atoms with van der Waals surface area (Å²) < 4.78 is 10.2. The minimum Gasteiger partial charge on any atom is -0.463 e. The van der Waals surface area contributed by atoms with Crippen LogP contribution in [0.3, 0.4) is 0 Å². The van der Waals surface area contributed by atoms with Gasteiger partial charge in [0.25, 0.3) is 0 Å². The molecule has 2 atom stereocenters. The Balaban J connectivity index is 2.33. The van der Waals surface area contributed by atoms with E-state index in [1.807, 2.05) is 0 Å². The van der Waals surface area contributed by atoms with Crippen LogP contribution in [-0.2, 0) is 19.1 Å². The van der Waals surface area contributed by atoms with Gasteiger partial charge in [-0.2, -0.15) is 0 Å². The molecule has 0 aliphatic carbocycles. The Kier molecular flexibility index (Phi) is 8.00. The number of rotatable bonds is 9. The molecule has 1 aliphatic rings. The van der Waals surface area contributed by atoms with E-state index in [2.05, 4.69) is 6.92 Å². The molecule has 0 saturated carbocycles. The molecular weight excluding hydrogens is 256 g/mol. The standard InChI is InChI=1S/C16H26O4/c1-3-5-6-7-10-14-13(12-16(18)20-14)9-8-11-15(17)19-4-2/h8,11,13-14H,3-7,9-10,12H2,1-2H3/b11-8+/t13-,14+/m0/s1. The normalized spacial score (nSPS) is 22.2. The molecular formula is C16H26O4. The average Bonchev–Trinajstić information content (AvgIpc) is 2.75.